The number of hydrogen-bond donors (Lipinski definition) is 2. The predicted octanol–water partition coefficient (Wildman–Crippen LogP) is 1.97. The van der Waals surface area contributed by atoms with Gasteiger partial charge < -0.3 is 24.8 Å². The van der Waals surface area contributed by atoms with Gasteiger partial charge in [0, 0.05) is 31.4 Å². The Morgan fingerprint density at radius 3 is 2.93 bits per heavy atom. The van der Waals surface area contributed by atoms with Gasteiger partial charge in [0.15, 0.2) is 0 Å². The first-order chi connectivity index (χ1) is 12.8. The number of aliphatic carboxylic acids is 1. The Morgan fingerprint density at radius 2 is 2.22 bits per heavy atom. The molecule has 0 aromatic heterocycles. The summed E-state index contributed by atoms with van der Waals surface area (Å²) >= 11 is 0. The van der Waals surface area contributed by atoms with Crippen molar-refractivity contribution in [3.8, 4) is 5.75 Å². The van der Waals surface area contributed by atoms with Crippen LogP contribution in [0.5, 0.6) is 5.75 Å². The van der Waals surface area contributed by atoms with Gasteiger partial charge in [-0.1, -0.05) is 19.9 Å². The Morgan fingerprint density at radius 1 is 1.44 bits per heavy atom. The number of benzene rings is 1. The summed E-state index contributed by atoms with van der Waals surface area (Å²) in [7, 11) is 1.72. The third kappa shape index (κ3) is 7.44. The van der Waals surface area contributed by atoms with Crippen LogP contribution in [-0.2, 0) is 9.53 Å². The summed E-state index contributed by atoms with van der Waals surface area (Å²) in [6.07, 6.45) is -0.213. The van der Waals surface area contributed by atoms with E-state index in [9.17, 15) is 9.59 Å². The summed E-state index contributed by atoms with van der Waals surface area (Å²) in [6, 6.07) is 7.12. The molecule has 8 nitrogen and oxygen atoms in total. The number of morpholine rings is 1. The summed E-state index contributed by atoms with van der Waals surface area (Å²) in [5.41, 5.74) is 0.673. The van der Waals surface area contributed by atoms with Gasteiger partial charge in [0.05, 0.1) is 25.9 Å². The second-order valence-electron chi connectivity index (χ2n) is 7.19. The molecular formula is C19H29N3O5. The molecule has 2 N–H and O–H groups in total. The van der Waals surface area contributed by atoms with Crippen molar-refractivity contribution in [2.45, 2.75) is 20.0 Å². The van der Waals surface area contributed by atoms with Gasteiger partial charge in [-0.25, -0.2) is 4.79 Å². The van der Waals surface area contributed by atoms with Crippen LogP contribution in [0.25, 0.3) is 0 Å². The summed E-state index contributed by atoms with van der Waals surface area (Å²) in [5, 5.41) is 11.7. The number of hydrogen-bond acceptors (Lipinski definition) is 5. The van der Waals surface area contributed by atoms with Crippen LogP contribution in [-0.4, -0.2) is 79.5 Å². The predicted molar refractivity (Wildman–Crippen MR) is 102 cm³/mol. The second kappa shape index (κ2) is 10.1. The molecule has 2 rings (SSSR count). The van der Waals surface area contributed by atoms with Gasteiger partial charge in [-0.05, 0) is 25.1 Å². The third-order valence-corrected chi connectivity index (χ3v) is 4.02. The average molecular weight is 379 g/mol. The monoisotopic (exact) mass is 379 g/mol. The highest BCUT2D eigenvalue weighted by Gasteiger charge is 2.25. The van der Waals surface area contributed by atoms with Crippen LogP contribution >= 0.6 is 0 Å². The largest absolute Gasteiger partial charge is 0.493 e. The zero-order valence-corrected chi connectivity index (χ0v) is 16.2. The molecule has 1 aliphatic rings. The Hall–Kier alpha value is -2.32. The molecule has 1 aromatic rings. The van der Waals surface area contributed by atoms with E-state index in [4.69, 9.17) is 14.6 Å². The Kier molecular flexibility index (Phi) is 7.87. The highest BCUT2D eigenvalue weighted by molar-refractivity contribution is 5.89. The van der Waals surface area contributed by atoms with E-state index in [2.05, 4.69) is 19.2 Å². The fourth-order valence-corrected chi connectivity index (χ4v) is 2.79. The lowest BCUT2D eigenvalue weighted by Gasteiger charge is -2.34. The van der Waals surface area contributed by atoms with Crippen molar-refractivity contribution in [3.05, 3.63) is 24.3 Å². The Labute approximate surface area is 160 Å². The van der Waals surface area contributed by atoms with Crippen LogP contribution in [0.2, 0.25) is 0 Å². The number of carboxylic acids is 1. The quantitative estimate of drug-likeness (QED) is 0.718. The van der Waals surface area contributed by atoms with Gasteiger partial charge in [0.25, 0.3) is 0 Å². The lowest BCUT2D eigenvalue weighted by Crippen LogP contribution is -2.50. The number of nitrogens with zero attached hydrogens (tertiary/aromatic N) is 2. The zero-order chi connectivity index (χ0) is 19.8. The maximum atomic E-state index is 12.6. The topological polar surface area (TPSA) is 91.3 Å². The van der Waals surface area contributed by atoms with Crippen molar-refractivity contribution in [3.63, 3.8) is 0 Å². The molecule has 0 aliphatic carbocycles. The fraction of sp³-hybridized carbons (Fsp3) is 0.579. The number of carbonyl (C=O) groups excluding carboxylic acids is 1. The molecule has 1 atom stereocenters. The smallest absolute Gasteiger partial charge is 0.322 e. The van der Waals surface area contributed by atoms with Crippen LogP contribution < -0.4 is 10.1 Å². The van der Waals surface area contributed by atoms with Crippen molar-refractivity contribution in [1.29, 1.82) is 0 Å². The standard InChI is InChI=1S/C19H29N3O5/c1-14(2)13-27-16-6-4-5-15(9-16)20-19(25)22-7-8-26-17(11-22)10-21(3)12-18(23)24/h4-6,9,14,17H,7-8,10-13H2,1-3H3,(H,20,25)(H,23,24). The molecular weight excluding hydrogens is 350 g/mol. The maximum Gasteiger partial charge on any atom is 0.322 e. The average Bonchev–Trinajstić information content (AvgIpc) is 2.59. The molecule has 1 heterocycles. The number of nitrogens with one attached hydrogen (secondary N) is 1. The van der Waals surface area contributed by atoms with Crippen molar-refractivity contribution in [1.82, 2.24) is 9.80 Å². The molecule has 2 amide bonds. The van der Waals surface area contributed by atoms with Crippen molar-refractivity contribution < 1.29 is 24.2 Å². The molecule has 0 bridgehead atoms. The van der Waals surface area contributed by atoms with Gasteiger partial charge >= 0.3 is 12.0 Å². The molecule has 27 heavy (non-hydrogen) atoms. The van der Waals surface area contributed by atoms with Gasteiger partial charge in [0.1, 0.15) is 5.75 Å². The van der Waals surface area contributed by atoms with Crippen LogP contribution in [0.15, 0.2) is 24.3 Å². The van der Waals surface area contributed by atoms with Crippen LogP contribution in [0.4, 0.5) is 10.5 Å². The normalized spacial score (nSPS) is 17.2. The molecule has 150 valence electrons. The highest BCUT2D eigenvalue weighted by atomic mass is 16.5. The van der Waals surface area contributed by atoms with Crippen LogP contribution in [0, 0.1) is 5.92 Å². The van der Waals surface area contributed by atoms with E-state index in [-0.39, 0.29) is 18.7 Å². The van der Waals surface area contributed by atoms with E-state index in [1.54, 1.807) is 22.9 Å². The minimum Gasteiger partial charge on any atom is -0.493 e. The van der Waals surface area contributed by atoms with E-state index in [0.717, 1.165) is 5.75 Å². The molecule has 8 heteroatoms. The van der Waals surface area contributed by atoms with E-state index in [1.165, 1.54) is 0 Å². The first-order valence-electron chi connectivity index (χ1n) is 9.14. The van der Waals surface area contributed by atoms with E-state index in [1.807, 2.05) is 18.2 Å². The molecule has 1 aliphatic heterocycles. The van der Waals surface area contributed by atoms with Crippen molar-refractivity contribution in [2.24, 2.45) is 5.92 Å². The molecule has 1 fully saturated rings. The fourth-order valence-electron chi connectivity index (χ4n) is 2.79. The zero-order valence-electron chi connectivity index (χ0n) is 16.2. The van der Waals surface area contributed by atoms with Crippen molar-refractivity contribution >= 4 is 17.7 Å². The number of amides is 2. The summed E-state index contributed by atoms with van der Waals surface area (Å²) < 4.78 is 11.3. The number of rotatable bonds is 8. The number of urea groups is 1. The van der Waals surface area contributed by atoms with Crippen LogP contribution in [0.1, 0.15) is 13.8 Å². The number of ether oxygens (including phenoxy) is 2. The molecule has 0 spiro atoms. The molecule has 1 saturated heterocycles. The molecule has 0 radical (unpaired) electrons. The minimum atomic E-state index is -0.887. The summed E-state index contributed by atoms with van der Waals surface area (Å²) in [4.78, 5) is 26.7. The molecule has 1 aromatic carbocycles. The van der Waals surface area contributed by atoms with E-state index < -0.39 is 5.97 Å². The Balaban J connectivity index is 1.87. The Bertz CT molecular complexity index is 638. The maximum absolute atomic E-state index is 12.6. The summed E-state index contributed by atoms with van der Waals surface area (Å²) in [6.45, 7) is 6.50. The third-order valence-electron chi connectivity index (χ3n) is 4.02. The lowest BCUT2D eigenvalue weighted by atomic mass is 10.2. The van der Waals surface area contributed by atoms with Crippen molar-refractivity contribution in [2.75, 3.05) is 51.8 Å². The van der Waals surface area contributed by atoms with E-state index in [0.29, 0.717) is 44.5 Å². The minimum absolute atomic E-state index is 0.0603. The van der Waals surface area contributed by atoms with E-state index >= 15 is 0 Å². The first kappa shape index (κ1) is 21.0. The van der Waals surface area contributed by atoms with Gasteiger partial charge in [-0.15, -0.1) is 0 Å². The molecule has 0 saturated carbocycles. The van der Waals surface area contributed by atoms with Crippen LogP contribution in [0.3, 0.4) is 0 Å². The number of likely N-dealkylation sites (N-methyl/N-ethyl adjacent to an activating group) is 1. The number of carbonyl (C=O) groups is 2. The summed E-state index contributed by atoms with van der Waals surface area (Å²) in [5.74, 6) is 0.256. The number of anilines is 1. The van der Waals surface area contributed by atoms with Gasteiger partial charge in [-0.2, -0.15) is 0 Å². The van der Waals surface area contributed by atoms with Gasteiger partial charge in [0.2, 0.25) is 0 Å². The highest BCUT2D eigenvalue weighted by Crippen LogP contribution is 2.19. The lowest BCUT2D eigenvalue weighted by molar-refractivity contribution is -0.138. The number of carboxylic acid groups (broad SMARTS) is 1. The second-order valence-corrected chi connectivity index (χ2v) is 7.19. The molecule has 1 unspecified atom stereocenters. The van der Waals surface area contributed by atoms with Gasteiger partial charge in [-0.3, -0.25) is 9.69 Å². The first-order valence-corrected chi connectivity index (χ1v) is 9.14. The SMILES string of the molecule is CC(C)COc1cccc(NC(=O)N2CCOC(CN(C)CC(=O)O)C2)c1.